The molecule has 4 rings (SSSR count). The van der Waals surface area contributed by atoms with Crippen LogP contribution < -0.4 is 0 Å². The van der Waals surface area contributed by atoms with Crippen LogP contribution in [0.3, 0.4) is 0 Å². The minimum absolute atomic E-state index is 0.000981. The Bertz CT molecular complexity index is 567. The summed E-state index contributed by atoms with van der Waals surface area (Å²) in [4.78, 5) is 20.2. The molecule has 0 aromatic carbocycles. The van der Waals surface area contributed by atoms with E-state index in [1.54, 1.807) is 0 Å². The zero-order chi connectivity index (χ0) is 15.8. The van der Waals surface area contributed by atoms with Gasteiger partial charge in [0.1, 0.15) is 17.6 Å². The summed E-state index contributed by atoms with van der Waals surface area (Å²) >= 11 is 0. The number of carbonyl (C=O) groups is 1. The molecule has 3 fully saturated rings. The molecule has 0 N–H and O–H groups in total. The Morgan fingerprint density at radius 3 is 2.91 bits per heavy atom. The third kappa shape index (κ3) is 3.03. The highest BCUT2D eigenvalue weighted by atomic mass is 16.7. The van der Waals surface area contributed by atoms with E-state index in [-0.39, 0.29) is 18.1 Å². The Morgan fingerprint density at radius 2 is 2.17 bits per heavy atom. The second kappa shape index (κ2) is 6.26. The summed E-state index contributed by atoms with van der Waals surface area (Å²) in [5.74, 6) is 1.96. The molecule has 3 aliphatic heterocycles. The number of furan rings is 1. The van der Waals surface area contributed by atoms with E-state index in [0.717, 1.165) is 50.3 Å². The number of hydrogen-bond acceptors (Lipinski definition) is 5. The van der Waals surface area contributed by atoms with Gasteiger partial charge in [0.25, 0.3) is 5.91 Å². The summed E-state index contributed by atoms with van der Waals surface area (Å²) in [5.41, 5.74) is 0. The molecule has 3 saturated heterocycles. The monoisotopic (exact) mass is 320 g/mol. The highest BCUT2D eigenvalue weighted by molar-refractivity contribution is 5.80. The number of carbonyl (C=O) groups excluding carboxylic acids is 1. The molecule has 4 heterocycles. The third-order valence-electron chi connectivity index (χ3n) is 5.09. The molecule has 0 saturated carbocycles. The maximum absolute atomic E-state index is 12.4. The fourth-order valence-corrected chi connectivity index (χ4v) is 3.94. The van der Waals surface area contributed by atoms with E-state index in [2.05, 4.69) is 4.90 Å². The zero-order valence-electron chi connectivity index (χ0n) is 13.6. The molecule has 3 atom stereocenters. The van der Waals surface area contributed by atoms with Gasteiger partial charge in [-0.25, -0.2) is 5.06 Å². The number of fused-ring (bicyclic) bond motifs is 1. The lowest BCUT2D eigenvalue weighted by Crippen LogP contribution is -2.48. The number of rotatable bonds is 3. The highest BCUT2D eigenvalue weighted by Gasteiger charge is 2.43. The predicted octanol–water partition coefficient (Wildman–Crippen LogP) is 1.87. The van der Waals surface area contributed by atoms with Crippen LogP contribution in [0.1, 0.15) is 37.2 Å². The SMILES string of the molecule is Cc1ccc(CN2CC[C@@H]3O[C@@H](C(=O)N4CCCO4)CC[C@@H]32)o1. The quantitative estimate of drug-likeness (QED) is 0.851. The molecule has 0 spiro atoms. The lowest BCUT2D eigenvalue weighted by molar-refractivity contribution is -0.189. The Labute approximate surface area is 136 Å². The van der Waals surface area contributed by atoms with Gasteiger partial charge in [-0.3, -0.25) is 14.5 Å². The number of likely N-dealkylation sites (tertiary alicyclic amines) is 1. The summed E-state index contributed by atoms with van der Waals surface area (Å²) in [6.07, 6.45) is 3.48. The Balaban J connectivity index is 1.35. The van der Waals surface area contributed by atoms with Crippen molar-refractivity contribution in [2.45, 2.75) is 57.4 Å². The number of hydrogen-bond donors (Lipinski definition) is 0. The molecule has 1 aromatic rings. The number of amides is 1. The van der Waals surface area contributed by atoms with Crippen LogP contribution in [0.4, 0.5) is 0 Å². The Morgan fingerprint density at radius 1 is 1.26 bits per heavy atom. The van der Waals surface area contributed by atoms with Gasteiger partial charge in [0, 0.05) is 12.6 Å². The predicted molar refractivity (Wildman–Crippen MR) is 82.4 cm³/mol. The molecule has 0 bridgehead atoms. The Hall–Kier alpha value is -1.37. The van der Waals surface area contributed by atoms with Gasteiger partial charge in [0.15, 0.2) is 0 Å². The minimum Gasteiger partial charge on any atom is -0.465 e. The molecule has 0 aliphatic carbocycles. The van der Waals surface area contributed by atoms with E-state index < -0.39 is 0 Å². The van der Waals surface area contributed by atoms with Gasteiger partial charge >= 0.3 is 0 Å². The van der Waals surface area contributed by atoms with Crippen LogP contribution in [-0.2, 0) is 20.9 Å². The number of ether oxygens (including phenoxy) is 1. The maximum Gasteiger partial charge on any atom is 0.275 e. The summed E-state index contributed by atoms with van der Waals surface area (Å²) in [7, 11) is 0. The number of nitrogens with zero attached hydrogens (tertiary/aromatic N) is 2. The first-order valence-corrected chi connectivity index (χ1v) is 8.60. The average molecular weight is 320 g/mol. The van der Waals surface area contributed by atoms with Crippen molar-refractivity contribution >= 4 is 5.91 Å². The van der Waals surface area contributed by atoms with Crippen molar-refractivity contribution in [3.05, 3.63) is 23.7 Å². The van der Waals surface area contributed by atoms with Crippen molar-refractivity contribution in [1.29, 1.82) is 0 Å². The maximum atomic E-state index is 12.4. The van der Waals surface area contributed by atoms with Crippen LogP contribution in [0.2, 0.25) is 0 Å². The molecule has 126 valence electrons. The van der Waals surface area contributed by atoms with Crippen LogP contribution in [0.15, 0.2) is 16.5 Å². The van der Waals surface area contributed by atoms with Crippen LogP contribution in [0.25, 0.3) is 0 Å². The fourth-order valence-electron chi connectivity index (χ4n) is 3.94. The van der Waals surface area contributed by atoms with Gasteiger partial charge in [0.05, 0.1) is 25.8 Å². The smallest absolute Gasteiger partial charge is 0.275 e. The molecule has 23 heavy (non-hydrogen) atoms. The van der Waals surface area contributed by atoms with E-state index in [0.29, 0.717) is 19.2 Å². The Kier molecular flexibility index (Phi) is 4.13. The molecule has 1 aromatic heterocycles. The van der Waals surface area contributed by atoms with Crippen LogP contribution >= 0.6 is 0 Å². The molecular weight excluding hydrogens is 296 g/mol. The van der Waals surface area contributed by atoms with Gasteiger partial charge in [-0.05, 0) is 44.7 Å². The van der Waals surface area contributed by atoms with Gasteiger partial charge in [0.2, 0.25) is 0 Å². The van der Waals surface area contributed by atoms with Crippen molar-refractivity contribution < 1.29 is 18.8 Å². The van der Waals surface area contributed by atoms with E-state index in [1.165, 1.54) is 5.06 Å². The fraction of sp³-hybridized carbons (Fsp3) is 0.706. The van der Waals surface area contributed by atoms with Crippen LogP contribution in [0.5, 0.6) is 0 Å². The topological polar surface area (TPSA) is 55.2 Å². The van der Waals surface area contributed by atoms with Gasteiger partial charge in [-0.15, -0.1) is 0 Å². The third-order valence-corrected chi connectivity index (χ3v) is 5.09. The molecule has 1 amide bonds. The van der Waals surface area contributed by atoms with Gasteiger partial charge in [-0.2, -0.15) is 0 Å². The van der Waals surface area contributed by atoms with Crippen LogP contribution in [-0.4, -0.2) is 53.8 Å². The first-order valence-electron chi connectivity index (χ1n) is 8.60. The first-order chi connectivity index (χ1) is 11.2. The molecule has 6 heteroatoms. The highest BCUT2D eigenvalue weighted by Crippen LogP contribution is 2.33. The lowest BCUT2D eigenvalue weighted by atomic mass is 9.98. The zero-order valence-corrected chi connectivity index (χ0v) is 13.6. The normalized spacial score (nSPS) is 31.5. The summed E-state index contributed by atoms with van der Waals surface area (Å²) < 4.78 is 11.8. The van der Waals surface area contributed by atoms with E-state index in [9.17, 15) is 4.79 Å². The second-order valence-corrected chi connectivity index (χ2v) is 6.71. The van der Waals surface area contributed by atoms with E-state index in [1.807, 2.05) is 19.1 Å². The van der Waals surface area contributed by atoms with Gasteiger partial charge in [-0.1, -0.05) is 0 Å². The van der Waals surface area contributed by atoms with Crippen molar-refractivity contribution in [1.82, 2.24) is 9.96 Å². The summed E-state index contributed by atoms with van der Waals surface area (Å²) in [6, 6.07) is 4.44. The molecule has 6 nitrogen and oxygen atoms in total. The summed E-state index contributed by atoms with van der Waals surface area (Å²) in [5, 5.41) is 1.49. The number of hydroxylamine groups is 2. The van der Waals surface area contributed by atoms with E-state index >= 15 is 0 Å². The largest absolute Gasteiger partial charge is 0.465 e. The average Bonchev–Trinajstić information content (AvgIpc) is 3.28. The lowest BCUT2D eigenvalue weighted by Gasteiger charge is -2.36. The van der Waals surface area contributed by atoms with Crippen LogP contribution in [0, 0.1) is 6.92 Å². The molecule has 3 aliphatic rings. The van der Waals surface area contributed by atoms with Crippen molar-refractivity contribution in [2.75, 3.05) is 19.7 Å². The van der Waals surface area contributed by atoms with Crippen molar-refractivity contribution in [3.63, 3.8) is 0 Å². The van der Waals surface area contributed by atoms with E-state index in [4.69, 9.17) is 14.0 Å². The standard InChI is InChI=1S/C17H24N2O4/c1-12-3-4-13(22-12)11-18-9-7-15-14(18)5-6-16(23-15)17(20)19-8-2-10-21-19/h3-4,14-16H,2,5-11H2,1H3/t14-,15-,16+/m0/s1. The molecule has 0 radical (unpaired) electrons. The first kappa shape index (κ1) is 15.2. The summed E-state index contributed by atoms with van der Waals surface area (Å²) in [6.45, 7) is 5.12. The number of aryl methyl sites for hydroxylation is 1. The van der Waals surface area contributed by atoms with Gasteiger partial charge < -0.3 is 9.15 Å². The van der Waals surface area contributed by atoms with Crippen molar-refractivity contribution in [3.8, 4) is 0 Å². The van der Waals surface area contributed by atoms with Crippen molar-refractivity contribution in [2.24, 2.45) is 0 Å². The minimum atomic E-state index is -0.333. The molecule has 0 unspecified atom stereocenters. The molecular formula is C17H24N2O4. The second-order valence-electron chi connectivity index (χ2n) is 6.71.